The minimum absolute atomic E-state index is 0.151. The highest BCUT2D eigenvalue weighted by Gasteiger charge is 2.18. The SMILES string of the molecule is CCCn1c(SCC(=O)Nc2nnc(CC)s2)nnc1-c1ccc(Br)o1. The quantitative estimate of drug-likeness (QED) is 0.513. The van der Waals surface area contributed by atoms with Gasteiger partial charge in [0.2, 0.25) is 16.9 Å². The molecular formula is C15H17BrN6O2S2. The first-order chi connectivity index (χ1) is 12.6. The van der Waals surface area contributed by atoms with Gasteiger partial charge in [0.05, 0.1) is 5.75 Å². The molecule has 0 atom stereocenters. The van der Waals surface area contributed by atoms with Crippen LogP contribution < -0.4 is 5.32 Å². The summed E-state index contributed by atoms with van der Waals surface area (Å²) in [5.41, 5.74) is 0. The summed E-state index contributed by atoms with van der Waals surface area (Å²) in [5, 5.41) is 21.2. The number of aryl methyl sites for hydroxylation is 1. The maximum absolute atomic E-state index is 12.2. The molecule has 0 aliphatic rings. The standard InChI is InChI=1S/C15H17BrN6O2S2/c1-3-7-22-13(9-5-6-10(16)24-9)19-21-15(22)25-8-11(23)17-14-20-18-12(4-2)26-14/h5-6H,3-4,7-8H2,1-2H3,(H,17,20,23). The number of thioether (sulfide) groups is 1. The number of carbonyl (C=O) groups is 1. The van der Waals surface area contributed by atoms with Crippen LogP contribution in [-0.4, -0.2) is 36.6 Å². The Balaban J connectivity index is 1.67. The van der Waals surface area contributed by atoms with Crippen molar-refractivity contribution in [2.24, 2.45) is 0 Å². The summed E-state index contributed by atoms with van der Waals surface area (Å²) in [6.07, 6.45) is 1.71. The van der Waals surface area contributed by atoms with Crippen LogP contribution in [0.3, 0.4) is 0 Å². The normalized spacial score (nSPS) is 11.0. The number of carbonyl (C=O) groups excluding carboxylic acids is 1. The highest BCUT2D eigenvalue weighted by atomic mass is 79.9. The predicted octanol–water partition coefficient (Wildman–Crippen LogP) is 3.86. The third-order valence-corrected chi connectivity index (χ3v) is 5.68. The topological polar surface area (TPSA) is 98.7 Å². The number of hydrogen-bond acceptors (Lipinski definition) is 8. The van der Waals surface area contributed by atoms with Crippen LogP contribution in [0.1, 0.15) is 25.3 Å². The van der Waals surface area contributed by atoms with E-state index in [0.717, 1.165) is 24.4 Å². The number of halogens is 1. The van der Waals surface area contributed by atoms with Gasteiger partial charge in [0.1, 0.15) is 5.01 Å². The van der Waals surface area contributed by atoms with Gasteiger partial charge in [-0.3, -0.25) is 14.7 Å². The second-order valence-corrected chi connectivity index (χ2v) is 8.04. The van der Waals surface area contributed by atoms with E-state index in [-0.39, 0.29) is 11.7 Å². The van der Waals surface area contributed by atoms with E-state index >= 15 is 0 Å². The van der Waals surface area contributed by atoms with Gasteiger partial charge in [-0.25, -0.2) is 0 Å². The van der Waals surface area contributed by atoms with Gasteiger partial charge in [-0.2, -0.15) is 0 Å². The first-order valence-electron chi connectivity index (χ1n) is 8.04. The molecule has 0 saturated carbocycles. The van der Waals surface area contributed by atoms with E-state index in [0.29, 0.717) is 26.5 Å². The van der Waals surface area contributed by atoms with Crippen LogP contribution in [0.25, 0.3) is 11.6 Å². The largest absolute Gasteiger partial charge is 0.446 e. The van der Waals surface area contributed by atoms with Gasteiger partial charge in [-0.15, -0.1) is 20.4 Å². The Morgan fingerprint density at radius 3 is 2.81 bits per heavy atom. The smallest absolute Gasteiger partial charge is 0.236 e. The van der Waals surface area contributed by atoms with Crippen LogP contribution in [-0.2, 0) is 17.8 Å². The molecule has 138 valence electrons. The summed E-state index contributed by atoms with van der Waals surface area (Å²) in [6.45, 7) is 4.81. The molecule has 11 heteroatoms. The van der Waals surface area contributed by atoms with Crippen molar-refractivity contribution in [2.45, 2.75) is 38.4 Å². The zero-order valence-electron chi connectivity index (χ0n) is 14.2. The molecule has 8 nitrogen and oxygen atoms in total. The fourth-order valence-electron chi connectivity index (χ4n) is 2.17. The molecule has 0 aromatic carbocycles. The van der Waals surface area contributed by atoms with Crippen molar-refractivity contribution >= 4 is 50.1 Å². The molecule has 26 heavy (non-hydrogen) atoms. The Labute approximate surface area is 166 Å². The zero-order chi connectivity index (χ0) is 18.5. The number of rotatable bonds is 8. The van der Waals surface area contributed by atoms with Gasteiger partial charge in [0.15, 0.2) is 15.6 Å². The summed E-state index contributed by atoms with van der Waals surface area (Å²) < 4.78 is 8.17. The van der Waals surface area contributed by atoms with Crippen molar-refractivity contribution in [3.63, 3.8) is 0 Å². The molecule has 0 radical (unpaired) electrons. The van der Waals surface area contributed by atoms with Gasteiger partial charge < -0.3 is 4.42 Å². The van der Waals surface area contributed by atoms with E-state index in [4.69, 9.17) is 4.42 Å². The second kappa shape index (κ2) is 8.78. The van der Waals surface area contributed by atoms with Gasteiger partial charge in [0.25, 0.3) is 0 Å². The summed E-state index contributed by atoms with van der Waals surface area (Å²) in [6, 6.07) is 3.65. The maximum Gasteiger partial charge on any atom is 0.236 e. The third kappa shape index (κ3) is 4.51. The molecule has 3 aromatic rings. The van der Waals surface area contributed by atoms with Crippen LogP contribution in [0.2, 0.25) is 0 Å². The number of hydrogen-bond donors (Lipinski definition) is 1. The van der Waals surface area contributed by atoms with Crippen molar-refractivity contribution < 1.29 is 9.21 Å². The number of aromatic nitrogens is 5. The van der Waals surface area contributed by atoms with E-state index in [9.17, 15) is 4.79 Å². The van der Waals surface area contributed by atoms with Crippen molar-refractivity contribution in [2.75, 3.05) is 11.1 Å². The lowest BCUT2D eigenvalue weighted by molar-refractivity contribution is -0.113. The van der Waals surface area contributed by atoms with Crippen LogP contribution in [0, 0.1) is 0 Å². The Kier molecular flexibility index (Phi) is 6.43. The Morgan fingerprint density at radius 2 is 2.15 bits per heavy atom. The molecule has 0 bridgehead atoms. The van der Waals surface area contributed by atoms with Crippen LogP contribution in [0.4, 0.5) is 5.13 Å². The molecule has 0 spiro atoms. The van der Waals surface area contributed by atoms with Crippen LogP contribution in [0.15, 0.2) is 26.4 Å². The lowest BCUT2D eigenvalue weighted by Gasteiger charge is -2.07. The molecule has 1 amide bonds. The van der Waals surface area contributed by atoms with Gasteiger partial charge in [0, 0.05) is 6.54 Å². The summed E-state index contributed by atoms with van der Waals surface area (Å²) in [5.74, 6) is 1.35. The number of furan rings is 1. The monoisotopic (exact) mass is 456 g/mol. The number of nitrogens with zero attached hydrogens (tertiary/aromatic N) is 5. The minimum Gasteiger partial charge on any atom is -0.446 e. The fraction of sp³-hybridized carbons (Fsp3) is 0.400. The average Bonchev–Trinajstić information content (AvgIpc) is 3.34. The van der Waals surface area contributed by atoms with Crippen molar-refractivity contribution in [3.05, 3.63) is 21.8 Å². The third-order valence-electron chi connectivity index (χ3n) is 3.31. The van der Waals surface area contributed by atoms with E-state index in [1.807, 2.05) is 23.6 Å². The van der Waals surface area contributed by atoms with Crippen molar-refractivity contribution in [3.8, 4) is 11.6 Å². The second-order valence-electron chi connectivity index (χ2n) is 5.25. The Morgan fingerprint density at radius 1 is 1.31 bits per heavy atom. The Hall–Kier alpha value is -1.72. The highest BCUT2D eigenvalue weighted by molar-refractivity contribution is 9.10. The number of amides is 1. The van der Waals surface area contributed by atoms with Gasteiger partial charge in [-0.05, 0) is 40.9 Å². The molecule has 0 aliphatic heterocycles. The molecule has 0 fully saturated rings. The number of nitrogens with one attached hydrogen (secondary N) is 1. The lowest BCUT2D eigenvalue weighted by atomic mass is 10.4. The molecule has 3 rings (SSSR count). The van der Waals surface area contributed by atoms with Crippen LogP contribution >= 0.6 is 39.0 Å². The summed E-state index contributed by atoms with van der Waals surface area (Å²) in [4.78, 5) is 12.2. The summed E-state index contributed by atoms with van der Waals surface area (Å²) >= 11 is 6.01. The predicted molar refractivity (Wildman–Crippen MR) is 104 cm³/mol. The minimum atomic E-state index is -0.151. The first-order valence-corrected chi connectivity index (χ1v) is 10.6. The van der Waals surface area contributed by atoms with E-state index in [1.165, 1.54) is 23.1 Å². The molecule has 0 aliphatic carbocycles. The van der Waals surface area contributed by atoms with E-state index in [2.05, 4.69) is 48.6 Å². The maximum atomic E-state index is 12.2. The van der Waals surface area contributed by atoms with E-state index < -0.39 is 0 Å². The molecule has 0 unspecified atom stereocenters. The van der Waals surface area contributed by atoms with Gasteiger partial charge in [-0.1, -0.05) is 36.9 Å². The number of anilines is 1. The molecule has 0 saturated heterocycles. The Bertz CT molecular complexity index is 890. The molecular weight excluding hydrogens is 440 g/mol. The summed E-state index contributed by atoms with van der Waals surface area (Å²) in [7, 11) is 0. The van der Waals surface area contributed by atoms with Crippen molar-refractivity contribution in [1.29, 1.82) is 0 Å². The van der Waals surface area contributed by atoms with Crippen molar-refractivity contribution in [1.82, 2.24) is 25.0 Å². The average molecular weight is 457 g/mol. The molecule has 3 aromatic heterocycles. The molecule has 3 heterocycles. The highest BCUT2D eigenvalue weighted by Crippen LogP contribution is 2.27. The zero-order valence-corrected chi connectivity index (χ0v) is 17.4. The fourth-order valence-corrected chi connectivity index (χ4v) is 3.94. The molecule has 1 N–H and O–H groups in total. The van der Waals surface area contributed by atoms with Gasteiger partial charge >= 0.3 is 0 Å². The first kappa shape index (κ1) is 19.1. The van der Waals surface area contributed by atoms with Crippen LogP contribution in [0.5, 0.6) is 0 Å². The lowest BCUT2D eigenvalue weighted by Crippen LogP contribution is -2.14. The van der Waals surface area contributed by atoms with E-state index in [1.54, 1.807) is 0 Å².